The van der Waals surface area contributed by atoms with Gasteiger partial charge in [-0.1, -0.05) is 13.0 Å². The van der Waals surface area contributed by atoms with Crippen molar-refractivity contribution in [2.45, 2.75) is 32.2 Å². The first-order chi connectivity index (χ1) is 12.8. The summed E-state index contributed by atoms with van der Waals surface area (Å²) in [6.45, 7) is 4.04. The van der Waals surface area contributed by atoms with Crippen LogP contribution in [0.5, 0.6) is 0 Å². The van der Waals surface area contributed by atoms with Crippen LogP contribution in [0.2, 0.25) is 0 Å². The van der Waals surface area contributed by atoms with Gasteiger partial charge < -0.3 is 15.1 Å². The third-order valence-corrected chi connectivity index (χ3v) is 4.73. The predicted octanol–water partition coefficient (Wildman–Crippen LogP) is 3.38. The maximum absolute atomic E-state index is 5.53. The van der Waals surface area contributed by atoms with Crippen LogP contribution in [0.15, 0.2) is 47.3 Å². The average Bonchev–Trinajstić information content (AvgIpc) is 3.12. The van der Waals surface area contributed by atoms with Crippen molar-refractivity contribution in [1.29, 1.82) is 0 Å². The molecule has 2 N–H and O–H groups in total. The zero-order valence-electron chi connectivity index (χ0n) is 14.9. The fraction of sp³-hybridized carbons (Fsp3) is 0.350. The van der Waals surface area contributed by atoms with Gasteiger partial charge in [0.2, 0.25) is 0 Å². The first kappa shape index (κ1) is 16.7. The number of nitrogens with one attached hydrogen (secondary N) is 2. The minimum absolute atomic E-state index is 0.156. The van der Waals surface area contributed by atoms with Gasteiger partial charge in [0, 0.05) is 30.9 Å². The lowest BCUT2D eigenvalue weighted by Crippen LogP contribution is -2.17. The lowest BCUT2D eigenvalue weighted by Gasteiger charge is -2.21. The molecule has 0 amide bonds. The second-order valence-corrected chi connectivity index (χ2v) is 6.44. The number of rotatable bonds is 5. The molecule has 3 aromatic heterocycles. The molecule has 1 atom stereocenters. The number of aromatic nitrogens is 3. The third kappa shape index (κ3) is 3.46. The van der Waals surface area contributed by atoms with Gasteiger partial charge in [-0.2, -0.15) is 0 Å². The standard InChI is InChI=1S/C20H23N5O/c1-2-16(14-5-3-9-22-13-14)23-19-15-7-10-21-11-8-17(15)24-20(25-19)18-6-4-12-26-18/h3-6,9,12-13,16,21H,2,7-8,10-11H2,1H3,(H,23,24,25). The van der Waals surface area contributed by atoms with Gasteiger partial charge in [-0.3, -0.25) is 4.98 Å². The lowest BCUT2D eigenvalue weighted by atomic mass is 10.0. The Balaban J connectivity index is 1.74. The molecule has 0 saturated heterocycles. The van der Waals surface area contributed by atoms with Gasteiger partial charge >= 0.3 is 0 Å². The molecule has 6 nitrogen and oxygen atoms in total. The van der Waals surface area contributed by atoms with E-state index in [-0.39, 0.29) is 6.04 Å². The van der Waals surface area contributed by atoms with Crippen LogP contribution in [0.4, 0.5) is 5.82 Å². The van der Waals surface area contributed by atoms with Crippen molar-refractivity contribution in [2.24, 2.45) is 0 Å². The van der Waals surface area contributed by atoms with Crippen molar-refractivity contribution >= 4 is 5.82 Å². The van der Waals surface area contributed by atoms with E-state index in [0.29, 0.717) is 11.6 Å². The molecule has 1 aliphatic heterocycles. The smallest absolute Gasteiger partial charge is 0.197 e. The Hall–Kier alpha value is -2.73. The van der Waals surface area contributed by atoms with Crippen LogP contribution in [-0.4, -0.2) is 28.0 Å². The van der Waals surface area contributed by atoms with E-state index < -0.39 is 0 Å². The first-order valence-corrected chi connectivity index (χ1v) is 9.16. The Morgan fingerprint density at radius 1 is 1.19 bits per heavy atom. The summed E-state index contributed by atoms with van der Waals surface area (Å²) in [6.07, 6.45) is 8.12. The Morgan fingerprint density at radius 2 is 2.12 bits per heavy atom. The summed E-state index contributed by atoms with van der Waals surface area (Å²) in [4.78, 5) is 13.9. The maximum Gasteiger partial charge on any atom is 0.197 e. The molecule has 1 unspecified atom stereocenters. The number of furan rings is 1. The van der Waals surface area contributed by atoms with Crippen LogP contribution in [-0.2, 0) is 12.8 Å². The average molecular weight is 349 g/mol. The van der Waals surface area contributed by atoms with Crippen molar-refractivity contribution in [3.05, 3.63) is 59.7 Å². The molecule has 3 aromatic rings. The molecule has 0 bridgehead atoms. The highest BCUT2D eigenvalue weighted by Crippen LogP contribution is 2.28. The topological polar surface area (TPSA) is 75.9 Å². The molecule has 0 spiro atoms. The predicted molar refractivity (Wildman–Crippen MR) is 101 cm³/mol. The Kier molecular flexibility index (Phi) is 4.93. The number of hydrogen-bond acceptors (Lipinski definition) is 6. The molecule has 26 heavy (non-hydrogen) atoms. The Morgan fingerprint density at radius 3 is 2.88 bits per heavy atom. The van der Waals surface area contributed by atoms with E-state index in [1.807, 2.05) is 24.4 Å². The summed E-state index contributed by atoms with van der Waals surface area (Å²) in [7, 11) is 0. The van der Waals surface area contributed by atoms with Gasteiger partial charge in [-0.25, -0.2) is 9.97 Å². The summed E-state index contributed by atoms with van der Waals surface area (Å²) in [5.74, 6) is 2.24. The maximum atomic E-state index is 5.53. The molecule has 0 aliphatic carbocycles. The number of nitrogens with zero attached hydrogens (tertiary/aromatic N) is 3. The van der Waals surface area contributed by atoms with Gasteiger partial charge in [-0.05, 0) is 43.1 Å². The molecule has 0 saturated carbocycles. The van der Waals surface area contributed by atoms with Gasteiger partial charge in [-0.15, -0.1) is 0 Å². The zero-order chi connectivity index (χ0) is 17.8. The van der Waals surface area contributed by atoms with E-state index in [9.17, 15) is 0 Å². The summed E-state index contributed by atoms with van der Waals surface area (Å²) in [5, 5.41) is 7.09. The lowest BCUT2D eigenvalue weighted by molar-refractivity contribution is 0.576. The fourth-order valence-electron chi connectivity index (χ4n) is 3.35. The van der Waals surface area contributed by atoms with Gasteiger partial charge in [0.25, 0.3) is 0 Å². The molecular formula is C20H23N5O. The minimum atomic E-state index is 0.156. The van der Waals surface area contributed by atoms with Gasteiger partial charge in [0.05, 0.1) is 18.0 Å². The zero-order valence-corrected chi connectivity index (χ0v) is 14.9. The Bertz CT molecular complexity index is 848. The van der Waals surface area contributed by atoms with E-state index in [1.165, 1.54) is 5.56 Å². The number of anilines is 1. The SMILES string of the molecule is CCC(Nc1nc(-c2ccco2)nc2c1CCNCC2)c1cccnc1. The third-order valence-electron chi connectivity index (χ3n) is 4.73. The van der Waals surface area contributed by atoms with Crippen LogP contribution < -0.4 is 10.6 Å². The summed E-state index contributed by atoms with van der Waals surface area (Å²) >= 11 is 0. The highest BCUT2D eigenvalue weighted by Gasteiger charge is 2.20. The highest BCUT2D eigenvalue weighted by atomic mass is 16.3. The monoisotopic (exact) mass is 349 g/mol. The van der Waals surface area contributed by atoms with Crippen LogP contribution in [0.25, 0.3) is 11.6 Å². The summed E-state index contributed by atoms with van der Waals surface area (Å²) in [5.41, 5.74) is 3.46. The van der Waals surface area contributed by atoms with Crippen molar-refractivity contribution in [3.63, 3.8) is 0 Å². The fourth-order valence-corrected chi connectivity index (χ4v) is 3.35. The van der Waals surface area contributed by atoms with Crippen molar-refractivity contribution in [2.75, 3.05) is 18.4 Å². The van der Waals surface area contributed by atoms with Crippen molar-refractivity contribution < 1.29 is 4.42 Å². The van der Waals surface area contributed by atoms with Crippen molar-refractivity contribution in [3.8, 4) is 11.6 Å². The second-order valence-electron chi connectivity index (χ2n) is 6.44. The van der Waals surface area contributed by atoms with Gasteiger partial charge in [0.1, 0.15) is 5.82 Å². The molecule has 0 radical (unpaired) electrons. The molecule has 6 heteroatoms. The first-order valence-electron chi connectivity index (χ1n) is 9.16. The van der Waals surface area contributed by atoms with Crippen LogP contribution in [0.1, 0.15) is 36.2 Å². The second kappa shape index (κ2) is 7.66. The van der Waals surface area contributed by atoms with Gasteiger partial charge in [0.15, 0.2) is 11.6 Å². The van der Waals surface area contributed by atoms with E-state index in [0.717, 1.165) is 49.4 Å². The largest absolute Gasteiger partial charge is 0.461 e. The molecule has 4 rings (SSSR count). The molecule has 0 aromatic carbocycles. The number of fused-ring (bicyclic) bond motifs is 1. The molecule has 1 aliphatic rings. The molecule has 0 fully saturated rings. The number of hydrogen-bond donors (Lipinski definition) is 2. The molecular weight excluding hydrogens is 326 g/mol. The van der Waals surface area contributed by atoms with E-state index in [4.69, 9.17) is 14.4 Å². The minimum Gasteiger partial charge on any atom is -0.461 e. The molecule has 4 heterocycles. The van der Waals surface area contributed by atoms with Crippen LogP contribution >= 0.6 is 0 Å². The van der Waals surface area contributed by atoms with Crippen LogP contribution in [0, 0.1) is 0 Å². The van der Waals surface area contributed by atoms with E-state index in [2.05, 4.69) is 28.6 Å². The van der Waals surface area contributed by atoms with Crippen LogP contribution in [0.3, 0.4) is 0 Å². The normalized spacial score (nSPS) is 15.1. The van der Waals surface area contributed by atoms with E-state index in [1.54, 1.807) is 12.5 Å². The molecule has 134 valence electrons. The van der Waals surface area contributed by atoms with Crippen molar-refractivity contribution in [1.82, 2.24) is 20.3 Å². The van der Waals surface area contributed by atoms with E-state index >= 15 is 0 Å². The Labute approximate surface area is 153 Å². The summed E-state index contributed by atoms with van der Waals surface area (Å²) in [6, 6.07) is 7.99. The highest BCUT2D eigenvalue weighted by molar-refractivity contribution is 5.57. The summed E-state index contributed by atoms with van der Waals surface area (Å²) < 4.78 is 5.53. The number of pyridine rings is 1. The quantitative estimate of drug-likeness (QED) is 0.735.